The number of carboxylic acid groups (broad SMARTS) is 1. The largest absolute Gasteiger partial charge is 0.489 e. The minimum Gasteiger partial charge on any atom is -0.489 e. The van der Waals surface area contributed by atoms with E-state index in [9.17, 15) is 18.0 Å². The summed E-state index contributed by atoms with van der Waals surface area (Å²) in [5.41, 5.74) is 0.274. The molecule has 0 aliphatic rings. The molecule has 0 radical (unpaired) electrons. The third kappa shape index (κ3) is 7.14. The molecular weight excluding hydrogens is 322 g/mol. The number of anilines is 1. The second-order valence-electron chi connectivity index (χ2n) is 5.46. The molecule has 0 spiro atoms. The number of nitrogens with one attached hydrogen (secondary N) is 1. The van der Waals surface area contributed by atoms with E-state index in [-0.39, 0.29) is 35.9 Å². The summed E-state index contributed by atoms with van der Waals surface area (Å²) in [4.78, 5) is 22.9. The highest BCUT2D eigenvalue weighted by Gasteiger charge is 2.14. The Labute approximate surface area is 135 Å². The third-order valence-electron chi connectivity index (χ3n) is 2.78. The van der Waals surface area contributed by atoms with Gasteiger partial charge in [0.05, 0.1) is 23.1 Å². The third-order valence-corrected chi connectivity index (χ3v) is 3.81. The van der Waals surface area contributed by atoms with Gasteiger partial charge in [0.25, 0.3) is 0 Å². The van der Waals surface area contributed by atoms with Gasteiger partial charge in [-0.15, -0.1) is 0 Å². The number of sulfone groups is 1. The molecule has 1 rings (SSSR count). The highest BCUT2D eigenvalue weighted by Crippen LogP contribution is 2.27. The zero-order valence-electron chi connectivity index (χ0n) is 13.3. The summed E-state index contributed by atoms with van der Waals surface area (Å²) in [6.45, 7) is 3.62. The van der Waals surface area contributed by atoms with Crippen molar-refractivity contribution in [2.75, 3.05) is 17.3 Å². The number of carboxylic acids is 1. The van der Waals surface area contributed by atoms with Crippen LogP contribution in [0.5, 0.6) is 5.75 Å². The average molecular weight is 343 g/mol. The highest BCUT2D eigenvalue weighted by atomic mass is 32.2. The number of amides is 1. The van der Waals surface area contributed by atoms with Crippen LogP contribution in [0.4, 0.5) is 5.69 Å². The minimum atomic E-state index is -3.12. The van der Waals surface area contributed by atoms with Crippen LogP contribution in [0, 0.1) is 0 Å². The molecule has 0 saturated heterocycles. The summed E-state index contributed by atoms with van der Waals surface area (Å²) in [6, 6.07) is 4.18. The van der Waals surface area contributed by atoms with E-state index in [1.807, 2.05) is 13.8 Å². The van der Waals surface area contributed by atoms with Crippen molar-refractivity contribution in [2.45, 2.75) is 32.8 Å². The van der Waals surface area contributed by atoms with Gasteiger partial charge in [-0.3, -0.25) is 4.79 Å². The summed E-state index contributed by atoms with van der Waals surface area (Å²) >= 11 is 0. The van der Waals surface area contributed by atoms with E-state index in [0.717, 1.165) is 6.26 Å². The van der Waals surface area contributed by atoms with E-state index in [2.05, 4.69) is 5.32 Å². The van der Waals surface area contributed by atoms with Crippen LogP contribution in [-0.2, 0) is 14.6 Å². The molecule has 0 aromatic heterocycles. The average Bonchev–Trinajstić information content (AvgIpc) is 2.38. The van der Waals surface area contributed by atoms with Gasteiger partial charge >= 0.3 is 5.97 Å². The number of carbonyl (C=O) groups excluding carboxylic acids is 1. The smallest absolute Gasteiger partial charge is 0.335 e. The van der Waals surface area contributed by atoms with Gasteiger partial charge < -0.3 is 15.2 Å². The second-order valence-corrected chi connectivity index (χ2v) is 7.72. The molecule has 0 bridgehead atoms. The maximum absolute atomic E-state index is 11.9. The quantitative estimate of drug-likeness (QED) is 0.746. The van der Waals surface area contributed by atoms with Crippen molar-refractivity contribution >= 4 is 27.4 Å². The Bertz CT molecular complexity index is 681. The first-order valence-electron chi connectivity index (χ1n) is 7.10. The number of ether oxygens (including phenoxy) is 1. The molecule has 8 heteroatoms. The molecule has 1 amide bonds. The highest BCUT2D eigenvalue weighted by molar-refractivity contribution is 7.90. The predicted molar refractivity (Wildman–Crippen MR) is 86.7 cm³/mol. The van der Waals surface area contributed by atoms with Gasteiger partial charge in [0.15, 0.2) is 0 Å². The molecule has 0 atom stereocenters. The zero-order valence-corrected chi connectivity index (χ0v) is 14.1. The Kier molecular flexibility index (Phi) is 6.56. The van der Waals surface area contributed by atoms with Gasteiger partial charge in [0, 0.05) is 12.7 Å². The molecule has 0 aliphatic heterocycles. The lowest BCUT2D eigenvalue weighted by Gasteiger charge is -2.15. The summed E-state index contributed by atoms with van der Waals surface area (Å²) in [5, 5.41) is 11.6. The molecule has 128 valence electrons. The van der Waals surface area contributed by atoms with Crippen LogP contribution < -0.4 is 10.1 Å². The van der Waals surface area contributed by atoms with Gasteiger partial charge in [-0.1, -0.05) is 0 Å². The van der Waals surface area contributed by atoms with Crippen molar-refractivity contribution < 1.29 is 27.9 Å². The van der Waals surface area contributed by atoms with Crippen molar-refractivity contribution in [1.29, 1.82) is 0 Å². The molecule has 1 aromatic carbocycles. The van der Waals surface area contributed by atoms with Crippen molar-refractivity contribution in [1.82, 2.24) is 0 Å². The lowest BCUT2D eigenvalue weighted by Crippen LogP contribution is -2.16. The molecule has 0 unspecified atom stereocenters. The Morgan fingerprint density at radius 1 is 1.30 bits per heavy atom. The van der Waals surface area contributed by atoms with Crippen molar-refractivity contribution in [3.05, 3.63) is 23.8 Å². The van der Waals surface area contributed by atoms with Crippen LogP contribution in [0.2, 0.25) is 0 Å². The topological polar surface area (TPSA) is 110 Å². The number of benzene rings is 1. The first-order chi connectivity index (χ1) is 10.6. The molecule has 0 aliphatic carbocycles. The second kappa shape index (κ2) is 7.96. The predicted octanol–water partition coefficient (Wildman–Crippen LogP) is 1.94. The molecular formula is C15H21NO6S. The normalized spacial score (nSPS) is 11.3. The van der Waals surface area contributed by atoms with E-state index in [1.165, 1.54) is 18.2 Å². The molecule has 0 saturated carbocycles. The summed E-state index contributed by atoms with van der Waals surface area (Å²) < 4.78 is 27.6. The maximum Gasteiger partial charge on any atom is 0.335 e. The zero-order chi connectivity index (χ0) is 17.6. The van der Waals surface area contributed by atoms with Crippen LogP contribution in [-0.4, -0.2) is 43.5 Å². The number of aromatic carboxylic acids is 1. The van der Waals surface area contributed by atoms with Gasteiger partial charge in [0.2, 0.25) is 5.91 Å². The molecule has 1 aromatic rings. The monoisotopic (exact) mass is 343 g/mol. The molecule has 2 N–H and O–H groups in total. The fourth-order valence-corrected chi connectivity index (χ4v) is 2.49. The standard InChI is InChI=1S/C15H21NO6S/c1-10(2)22-13-7-6-11(15(18)19)9-12(13)16-14(17)5-4-8-23(3,20)21/h6-7,9-10H,4-5,8H2,1-3H3,(H,16,17)(H,18,19). The number of carbonyl (C=O) groups is 2. The van der Waals surface area contributed by atoms with Crippen molar-refractivity contribution in [3.63, 3.8) is 0 Å². The first-order valence-corrected chi connectivity index (χ1v) is 9.16. The summed E-state index contributed by atoms with van der Waals surface area (Å²) in [7, 11) is -3.12. The molecule has 7 nitrogen and oxygen atoms in total. The molecule has 0 fully saturated rings. The van der Waals surface area contributed by atoms with Gasteiger partial charge in [0.1, 0.15) is 15.6 Å². The SMILES string of the molecule is CC(C)Oc1ccc(C(=O)O)cc1NC(=O)CCCS(C)(=O)=O. The Balaban J connectivity index is 2.84. The van der Waals surface area contributed by atoms with Gasteiger partial charge in [-0.25, -0.2) is 13.2 Å². The van der Waals surface area contributed by atoms with Crippen LogP contribution in [0.1, 0.15) is 37.0 Å². The first kappa shape index (κ1) is 19.0. The summed E-state index contributed by atoms with van der Waals surface area (Å²) in [5.74, 6) is -1.23. The van der Waals surface area contributed by atoms with E-state index < -0.39 is 21.7 Å². The Morgan fingerprint density at radius 2 is 1.96 bits per heavy atom. The number of rotatable bonds is 8. The number of hydrogen-bond acceptors (Lipinski definition) is 5. The van der Waals surface area contributed by atoms with Crippen LogP contribution in [0.3, 0.4) is 0 Å². The maximum atomic E-state index is 11.9. The fourth-order valence-electron chi connectivity index (χ4n) is 1.83. The van der Waals surface area contributed by atoms with Crippen molar-refractivity contribution in [3.8, 4) is 5.75 Å². The lowest BCUT2D eigenvalue weighted by molar-refractivity contribution is -0.116. The van der Waals surface area contributed by atoms with E-state index >= 15 is 0 Å². The summed E-state index contributed by atoms with van der Waals surface area (Å²) in [6.07, 6.45) is 1.18. The minimum absolute atomic E-state index is 0.0193. The van der Waals surface area contributed by atoms with Gasteiger partial charge in [-0.2, -0.15) is 0 Å². The lowest BCUT2D eigenvalue weighted by atomic mass is 10.1. The van der Waals surface area contributed by atoms with Crippen molar-refractivity contribution in [2.24, 2.45) is 0 Å². The molecule has 23 heavy (non-hydrogen) atoms. The van der Waals surface area contributed by atoms with E-state index in [1.54, 1.807) is 0 Å². The van der Waals surface area contributed by atoms with Crippen LogP contribution in [0.15, 0.2) is 18.2 Å². The van der Waals surface area contributed by atoms with Crippen LogP contribution >= 0.6 is 0 Å². The van der Waals surface area contributed by atoms with Gasteiger partial charge in [-0.05, 0) is 38.5 Å². The van der Waals surface area contributed by atoms with E-state index in [4.69, 9.17) is 9.84 Å². The Hall–Kier alpha value is -2.09. The number of hydrogen-bond donors (Lipinski definition) is 2. The van der Waals surface area contributed by atoms with E-state index in [0.29, 0.717) is 5.75 Å². The molecule has 0 heterocycles. The Morgan fingerprint density at radius 3 is 2.48 bits per heavy atom. The van der Waals surface area contributed by atoms with Crippen LogP contribution in [0.25, 0.3) is 0 Å². The fraction of sp³-hybridized carbons (Fsp3) is 0.467.